The van der Waals surface area contributed by atoms with Gasteiger partial charge in [0.05, 0.1) is 12.7 Å². The summed E-state index contributed by atoms with van der Waals surface area (Å²) in [4.78, 5) is 24.4. The molecule has 0 fully saturated rings. The number of furan rings is 1. The van der Waals surface area contributed by atoms with Crippen LogP contribution in [0.5, 0.6) is 0 Å². The standard InChI is InChI=1S/C7H5N3O4/c1-13-7(12)5-3-14-2-4(5)6(11)9-10-8/h2-3H,1H3. The lowest BCUT2D eigenvalue weighted by Gasteiger charge is -1.95. The summed E-state index contributed by atoms with van der Waals surface area (Å²) in [7, 11) is 1.16. The van der Waals surface area contributed by atoms with Gasteiger partial charge < -0.3 is 9.15 Å². The number of hydrogen-bond acceptors (Lipinski definition) is 4. The third kappa shape index (κ3) is 1.73. The molecule has 7 nitrogen and oxygen atoms in total. The second-order valence-electron chi connectivity index (χ2n) is 2.19. The normalized spacial score (nSPS) is 8.93. The van der Waals surface area contributed by atoms with Crippen molar-refractivity contribution in [1.29, 1.82) is 0 Å². The third-order valence-electron chi connectivity index (χ3n) is 1.43. The molecular formula is C7H5N3O4. The first-order valence-electron chi connectivity index (χ1n) is 3.44. The van der Waals surface area contributed by atoms with E-state index in [2.05, 4.69) is 19.2 Å². The van der Waals surface area contributed by atoms with Crippen molar-refractivity contribution >= 4 is 11.9 Å². The van der Waals surface area contributed by atoms with E-state index in [1.54, 1.807) is 0 Å². The lowest BCUT2D eigenvalue weighted by molar-refractivity contribution is 0.0596. The lowest BCUT2D eigenvalue weighted by Crippen LogP contribution is -2.05. The summed E-state index contributed by atoms with van der Waals surface area (Å²) in [6.45, 7) is 0. The van der Waals surface area contributed by atoms with Crippen molar-refractivity contribution in [1.82, 2.24) is 0 Å². The van der Waals surface area contributed by atoms with Gasteiger partial charge in [-0.05, 0) is 10.6 Å². The Bertz CT molecular complexity index is 416. The number of methoxy groups -OCH3 is 1. The molecule has 1 aromatic rings. The Morgan fingerprint density at radius 2 is 2.14 bits per heavy atom. The molecule has 0 aromatic carbocycles. The zero-order valence-electron chi connectivity index (χ0n) is 7.13. The van der Waals surface area contributed by atoms with E-state index in [9.17, 15) is 9.59 Å². The first-order valence-corrected chi connectivity index (χ1v) is 3.44. The number of carbonyl (C=O) groups is 2. The average Bonchev–Trinajstić information content (AvgIpc) is 2.65. The molecule has 0 unspecified atom stereocenters. The molecule has 14 heavy (non-hydrogen) atoms. The highest BCUT2D eigenvalue weighted by atomic mass is 16.5. The topological polar surface area (TPSA) is 105 Å². The van der Waals surface area contributed by atoms with E-state index in [1.807, 2.05) is 0 Å². The second kappa shape index (κ2) is 4.11. The van der Waals surface area contributed by atoms with Gasteiger partial charge in [-0.1, -0.05) is 0 Å². The molecule has 1 rings (SSSR count). The van der Waals surface area contributed by atoms with Crippen molar-refractivity contribution in [3.8, 4) is 0 Å². The van der Waals surface area contributed by atoms with Gasteiger partial charge in [0, 0.05) is 4.91 Å². The summed E-state index contributed by atoms with van der Waals surface area (Å²) in [6.07, 6.45) is 2.06. The minimum Gasteiger partial charge on any atom is -0.471 e. The molecule has 1 aromatic heterocycles. The monoisotopic (exact) mass is 195 g/mol. The van der Waals surface area contributed by atoms with Crippen molar-refractivity contribution in [2.75, 3.05) is 7.11 Å². The SMILES string of the molecule is COC(=O)c1cocc1C(=O)N=[N+]=[N-]. The predicted molar refractivity (Wildman–Crippen MR) is 43.5 cm³/mol. The zero-order valence-corrected chi connectivity index (χ0v) is 7.13. The van der Waals surface area contributed by atoms with Crippen molar-refractivity contribution in [3.05, 3.63) is 34.1 Å². The Labute approximate surface area is 77.9 Å². The molecule has 7 heteroatoms. The largest absolute Gasteiger partial charge is 0.471 e. The first kappa shape index (κ1) is 9.82. The molecule has 0 aliphatic heterocycles. The quantitative estimate of drug-likeness (QED) is 0.308. The van der Waals surface area contributed by atoms with Crippen LogP contribution >= 0.6 is 0 Å². The van der Waals surface area contributed by atoms with Crippen LogP contribution in [0.25, 0.3) is 10.4 Å². The number of rotatable bonds is 2. The molecule has 1 amide bonds. The average molecular weight is 195 g/mol. The highest BCUT2D eigenvalue weighted by Gasteiger charge is 2.18. The predicted octanol–water partition coefficient (Wildman–Crippen LogP) is 1.52. The molecule has 0 atom stereocenters. The van der Waals surface area contributed by atoms with Crippen LogP contribution in [0.4, 0.5) is 0 Å². The summed E-state index contributed by atoms with van der Waals surface area (Å²) in [6, 6.07) is 0. The van der Waals surface area contributed by atoms with Gasteiger partial charge in [0.25, 0.3) is 5.91 Å². The van der Waals surface area contributed by atoms with Crippen LogP contribution in [0.2, 0.25) is 0 Å². The summed E-state index contributed by atoms with van der Waals surface area (Å²) in [5.41, 5.74) is 7.83. The molecule has 0 aliphatic carbocycles. The van der Waals surface area contributed by atoms with Crippen LogP contribution in [-0.2, 0) is 4.74 Å². The van der Waals surface area contributed by atoms with E-state index >= 15 is 0 Å². The van der Waals surface area contributed by atoms with Gasteiger partial charge in [-0.2, -0.15) is 0 Å². The Morgan fingerprint density at radius 3 is 2.71 bits per heavy atom. The fraction of sp³-hybridized carbons (Fsp3) is 0.143. The molecule has 0 N–H and O–H groups in total. The number of nitrogens with zero attached hydrogens (tertiary/aromatic N) is 3. The summed E-state index contributed by atoms with van der Waals surface area (Å²) in [5, 5.41) is 2.82. The van der Waals surface area contributed by atoms with Gasteiger partial charge in [0.1, 0.15) is 18.1 Å². The zero-order chi connectivity index (χ0) is 10.6. The molecule has 72 valence electrons. The van der Waals surface area contributed by atoms with Crippen LogP contribution in [0.3, 0.4) is 0 Å². The van der Waals surface area contributed by atoms with Crippen LogP contribution in [0.1, 0.15) is 20.7 Å². The number of azide groups is 1. The van der Waals surface area contributed by atoms with E-state index in [1.165, 1.54) is 0 Å². The Hall–Kier alpha value is -2.27. The maximum Gasteiger partial charge on any atom is 0.341 e. The summed E-state index contributed by atoms with van der Waals surface area (Å²) < 4.78 is 9.01. The van der Waals surface area contributed by atoms with Crippen LogP contribution < -0.4 is 0 Å². The highest BCUT2D eigenvalue weighted by Crippen LogP contribution is 2.12. The highest BCUT2D eigenvalue weighted by molar-refractivity contribution is 6.05. The van der Waals surface area contributed by atoms with Gasteiger partial charge in [-0.15, -0.1) is 0 Å². The number of hydrogen-bond donors (Lipinski definition) is 0. The number of amides is 1. The maximum atomic E-state index is 11.1. The minimum absolute atomic E-state index is 0.0649. The van der Waals surface area contributed by atoms with Crippen molar-refractivity contribution in [3.63, 3.8) is 0 Å². The molecule has 0 saturated carbocycles. The molecule has 0 saturated heterocycles. The smallest absolute Gasteiger partial charge is 0.341 e. The Balaban J connectivity index is 3.10. The molecule has 0 bridgehead atoms. The van der Waals surface area contributed by atoms with Crippen molar-refractivity contribution < 1.29 is 18.7 Å². The van der Waals surface area contributed by atoms with E-state index < -0.39 is 11.9 Å². The lowest BCUT2D eigenvalue weighted by atomic mass is 10.2. The van der Waals surface area contributed by atoms with E-state index in [4.69, 9.17) is 5.53 Å². The Morgan fingerprint density at radius 1 is 1.50 bits per heavy atom. The molecule has 0 aliphatic rings. The molecule has 1 heterocycles. The summed E-state index contributed by atoms with van der Waals surface area (Å²) in [5.74, 6) is -1.61. The van der Waals surface area contributed by atoms with E-state index in [-0.39, 0.29) is 11.1 Å². The van der Waals surface area contributed by atoms with Gasteiger partial charge in [0.15, 0.2) is 0 Å². The number of carbonyl (C=O) groups excluding carboxylic acids is 2. The van der Waals surface area contributed by atoms with E-state index in [0.717, 1.165) is 19.6 Å². The molecular weight excluding hydrogens is 190 g/mol. The van der Waals surface area contributed by atoms with Gasteiger partial charge in [-0.25, -0.2) is 4.79 Å². The van der Waals surface area contributed by atoms with Gasteiger partial charge in [0.2, 0.25) is 0 Å². The minimum atomic E-state index is -0.887. The first-order chi connectivity index (χ1) is 6.70. The van der Waals surface area contributed by atoms with Crippen LogP contribution in [0.15, 0.2) is 22.1 Å². The molecule has 0 radical (unpaired) electrons. The Kier molecular flexibility index (Phi) is 2.88. The summed E-state index contributed by atoms with van der Waals surface area (Å²) >= 11 is 0. The van der Waals surface area contributed by atoms with Gasteiger partial charge >= 0.3 is 5.97 Å². The molecule has 0 spiro atoms. The van der Waals surface area contributed by atoms with Crippen LogP contribution in [-0.4, -0.2) is 19.0 Å². The van der Waals surface area contributed by atoms with Crippen molar-refractivity contribution in [2.24, 2.45) is 5.11 Å². The number of ether oxygens (including phenoxy) is 1. The van der Waals surface area contributed by atoms with Crippen molar-refractivity contribution in [2.45, 2.75) is 0 Å². The fourth-order valence-corrected chi connectivity index (χ4v) is 0.825. The fourth-order valence-electron chi connectivity index (χ4n) is 0.825. The van der Waals surface area contributed by atoms with E-state index in [0.29, 0.717) is 0 Å². The van der Waals surface area contributed by atoms with Gasteiger partial charge in [-0.3, -0.25) is 4.79 Å². The third-order valence-corrected chi connectivity index (χ3v) is 1.43. The maximum absolute atomic E-state index is 11.1. The second-order valence-corrected chi connectivity index (χ2v) is 2.19. The van der Waals surface area contributed by atoms with Crippen LogP contribution in [0, 0.1) is 0 Å². The number of esters is 1.